The van der Waals surface area contributed by atoms with Gasteiger partial charge in [0.05, 0.1) is 25.4 Å². The second-order valence-electron chi connectivity index (χ2n) is 8.47. The summed E-state index contributed by atoms with van der Waals surface area (Å²) in [5.41, 5.74) is 2.80. The number of likely N-dealkylation sites (tertiary alicyclic amines) is 1. The Bertz CT molecular complexity index is 932. The molecule has 1 aliphatic heterocycles. The Labute approximate surface area is 195 Å². The third-order valence-corrected chi connectivity index (χ3v) is 5.96. The minimum absolute atomic E-state index is 0.209. The summed E-state index contributed by atoms with van der Waals surface area (Å²) >= 11 is 0. The molecule has 0 spiro atoms. The zero-order valence-electron chi connectivity index (χ0n) is 19.5. The molecule has 33 heavy (non-hydrogen) atoms. The minimum atomic E-state index is -0.622. The van der Waals surface area contributed by atoms with Crippen LogP contribution in [0.15, 0.2) is 54.6 Å². The molecule has 2 aromatic carbocycles. The number of ether oxygens (including phenoxy) is 2. The molecule has 1 fully saturated rings. The number of esters is 1. The molecular formula is C27H34FNO4. The molecule has 0 bridgehead atoms. The van der Waals surface area contributed by atoms with E-state index in [-0.39, 0.29) is 24.5 Å². The number of halogens is 1. The molecule has 1 heterocycles. The van der Waals surface area contributed by atoms with Gasteiger partial charge in [0.15, 0.2) is 0 Å². The highest BCUT2D eigenvalue weighted by molar-refractivity contribution is 5.87. The van der Waals surface area contributed by atoms with E-state index in [4.69, 9.17) is 9.47 Å². The Morgan fingerprint density at radius 1 is 1.27 bits per heavy atom. The minimum Gasteiger partial charge on any atom is -0.463 e. The highest BCUT2D eigenvalue weighted by Crippen LogP contribution is 2.24. The first kappa shape index (κ1) is 25.1. The molecule has 1 saturated heterocycles. The van der Waals surface area contributed by atoms with Gasteiger partial charge in [-0.3, -0.25) is 4.90 Å². The fraction of sp³-hybridized carbons (Fsp3) is 0.444. The lowest BCUT2D eigenvalue weighted by Crippen LogP contribution is -2.39. The van der Waals surface area contributed by atoms with E-state index in [0.29, 0.717) is 19.2 Å². The van der Waals surface area contributed by atoms with Gasteiger partial charge in [0, 0.05) is 18.7 Å². The number of carbonyl (C=O) groups is 1. The standard InChI is InChI=1S/C27H34FNO4/c1-3-32-27(31)14-13-22-9-4-5-12-26(22)20(2)33-19-25(30)18-29-15-7-11-24(29)17-21-8-6-10-23(28)16-21/h4-6,8-10,12-14,16,20,24-25,30H,3,7,11,15,17-19H2,1-2H3/t20-,24+,25-/m1/s1. The van der Waals surface area contributed by atoms with Gasteiger partial charge in [-0.15, -0.1) is 0 Å². The van der Waals surface area contributed by atoms with Crippen LogP contribution in [-0.2, 0) is 20.7 Å². The first-order valence-electron chi connectivity index (χ1n) is 11.7. The average molecular weight is 456 g/mol. The predicted molar refractivity (Wildman–Crippen MR) is 127 cm³/mol. The molecule has 0 radical (unpaired) electrons. The van der Waals surface area contributed by atoms with Crippen molar-refractivity contribution in [1.29, 1.82) is 0 Å². The van der Waals surface area contributed by atoms with Crippen LogP contribution in [0, 0.1) is 5.82 Å². The Hall–Kier alpha value is -2.54. The molecule has 1 N–H and O–H groups in total. The molecule has 1 aliphatic rings. The van der Waals surface area contributed by atoms with E-state index >= 15 is 0 Å². The number of aliphatic hydroxyl groups excluding tert-OH is 1. The number of β-amino-alcohol motifs (C(OH)–C–C–N with tert-alkyl or cyclic N) is 1. The highest BCUT2D eigenvalue weighted by Gasteiger charge is 2.27. The fourth-order valence-corrected chi connectivity index (χ4v) is 4.35. The zero-order valence-corrected chi connectivity index (χ0v) is 19.5. The predicted octanol–water partition coefficient (Wildman–Crippen LogP) is 4.55. The summed E-state index contributed by atoms with van der Waals surface area (Å²) in [5.74, 6) is -0.591. The van der Waals surface area contributed by atoms with E-state index in [0.717, 1.165) is 42.5 Å². The van der Waals surface area contributed by atoms with Crippen molar-refractivity contribution in [3.05, 3.63) is 77.1 Å². The smallest absolute Gasteiger partial charge is 0.330 e. The van der Waals surface area contributed by atoms with Gasteiger partial charge in [-0.25, -0.2) is 9.18 Å². The van der Waals surface area contributed by atoms with Crippen LogP contribution in [0.1, 0.15) is 49.5 Å². The molecule has 3 rings (SSSR count). The molecule has 178 valence electrons. The van der Waals surface area contributed by atoms with Crippen molar-refractivity contribution in [3.63, 3.8) is 0 Å². The molecular weight excluding hydrogens is 421 g/mol. The van der Waals surface area contributed by atoms with Crippen molar-refractivity contribution in [2.24, 2.45) is 0 Å². The van der Waals surface area contributed by atoms with Crippen molar-refractivity contribution < 1.29 is 23.8 Å². The van der Waals surface area contributed by atoms with E-state index in [1.165, 1.54) is 12.1 Å². The van der Waals surface area contributed by atoms with Crippen LogP contribution in [-0.4, -0.2) is 54.4 Å². The summed E-state index contributed by atoms with van der Waals surface area (Å²) in [6.45, 7) is 5.70. The summed E-state index contributed by atoms with van der Waals surface area (Å²) in [6, 6.07) is 14.8. The molecule has 3 atom stereocenters. The van der Waals surface area contributed by atoms with Crippen LogP contribution in [0.25, 0.3) is 6.08 Å². The first-order valence-corrected chi connectivity index (χ1v) is 11.7. The van der Waals surface area contributed by atoms with Gasteiger partial charge in [0.1, 0.15) is 5.82 Å². The Balaban J connectivity index is 1.52. The topological polar surface area (TPSA) is 59.0 Å². The number of nitrogens with zero attached hydrogens (tertiary/aromatic N) is 1. The molecule has 0 saturated carbocycles. The van der Waals surface area contributed by atoms with Gasteiger partial charge in [0.25, 0.3) is 0 Å². The van der Waals surface area contributed by atoms with E-state index in [1.807, 2.05) is 37.3 Å². The van der Waals surface area contributed by atoms with Crippen LogP contribution in [0.4, 0.5) is 4.39 Å². The summed E-state index contributed by atoms with van der Waals surface area (Å²) in [6.07, 6.45) is 5.17. The van der Waals surface area contributed by atoms with Crippen molar-refractivity contribution in [1.82, 2.24) is 4.90 Å². The van der Waals surface area contributed by atoms with Crippen LogP contribution < -0.4 is 0 Å². The van der Waals surface area contributed by atoms with Crippen LogP contribution in [0.5, 0.6) is 0 Å². The maximum atomic E-state index is 13.5. The number of benzene rings is 2. The second kappa shape index (κ2) is 12.6. The third-order valence-electron chi connectivity index (χ3n) is 5.96. The van der Waals surface area contributed by atoms with E-state index in [2.05, 4.69) is 4.90 Å². The summed E-state index contributed by atoms with van der Waals surface area (Å²) in [5, 5.41) is 10.6. The zero-order chi connectivity index (χ0) is 23.6. The largest absolute Gasteiger partial charge is 0.463 e. The summed E-state index contributed by atoms with van der Waals surface area (Å²) in [7, 11) is 0. The maximum absolute atomic E-state index is 13.5. The molecule has 0 aromatic heterocycles. The Morgan fingerprint density at radius 2 is 2.09 bits per heavy atom. The number of aliphatic hydroxyl groups is 1. The second-order valence-corrected chi connectivity index (χ2v) is 8.47. The quantitative estimate of drug-likeness (QED) is 0.398. The lowest BCUT2D eigenvalue weighted by Gasteiger charge is -2.27. The number of hydrogen-bond donors (Lipinski definition) is 1. The Kier molecular flexibility index (Phi) is 9.61. The molecule has 0 unspecified atom stereocenters. The molecule has 0 amide bonds. The number of carbonyl (C=O) groups excluding carboxylic acids is 1. The van der Waals surface area contributed by atoms with Crippen LogP contribution >= 0.6 is 0 Å². The van der Waals surface area contributed by atoms with Gasteiger partial charge in [-0.1, -0.05) is 36.4 Å². The monoisotopic (exact) mass is 455 g/mol. The number of rotatable bonds is 11. The highest BCUT2D eigenvalue weighted by atomic mass is 19.1. The molecule has 0 aliphatic carbocycles. The maximum Gasteiger partial charge on any atom is 0.330 e. The average Bonchev–Trinajstić information content (AvgIpc) is 3.22. The van der Waals surface area contributed by atoms with Crippen molar-refractivity contribution >= 4 is 12.0 Å². The third kappa shape index (κ3) is 7.77. The van der Waals surface area contributed by atoms with Gasteiger partial charge in [-0.05, 0) is 74.6 Å². The SMILES string of the molecule is CCOC(=O)C=Cc1ccccc1[C@@H](C)OC[C@H](O)CN1CCC[C@H]1Cc1cccc(F)c1. The van der Waals surface area contributed by atoms with Crippen LogP contribution in [0.2, 0.25) is 0 Å². The van der Waals surface area contributed by atoms with E-state index in [9.17, 15) is 14.3 Å². The lowest BCUT2D eigenvalue weighted by molar-refractivity contribution is -0.137. The lowest BCUT2D eigenvalue weighted by atomic mass is 10.0. The van der Waals surface area contributed by atoms with Crippen LogP contribution in [0.3, 0.4) is 0 Å². The van der Waals surface area contributed by atoms with E-state index < -0.39 is 6.10 Å². The van der Waals surface area contributed by atoms with Crippen molar-refractivity contribution in [3.8, 4) is 0 Å². The molecule has 5 nitrogen and oxygen atoms in total. The van der Waals surface area contributed by atoms with E-state index in [1.54, 1.807) is 25.1 Å². The fourth-order valence-electron chi connectivity index (χ4n) is 4.35. The molecule has 2 aromatic rings. The summed E-state index contributed by atoms with van der Waals surface area (Å²) < 4.78 is 24.5. The Morgan fingerprint density at radius 3 is 2.88 bits per heavy atom. The van der Waals surface area contributed by atoms with Crippen molar-refractivity contribution in [2.75, 3.05) is 26.3 Å². The normalized spacial score (nSPS) is 18.5. The van der Waals surface area contributed by atoms with Gasteiger partial charge in [-0.2, -0.15) is 0 Å². The first-order chi connectivity index (χ1) is 16.0. The van der Waals surface area contributed by atoms with Gasteiger partial charge < -0.3 is 14.6 Å². The van der Waals surface area contributed by atoms with Gasteiger partial charge >= 0.3 is 5.97 Å². The van der Waals surface area contributed by atoms with Gasteiger partial charge in [0.2, 0.25) is 0 Å². The molecule has 6 heteroatoms. The number of hydrogen-bond acceptors (Lipinski definition) is 5. The van der Waals surface area contributed by atoms with Crippen molar-refractivity contribution in [2.45, 2.75) is 51.4 Å². The summed E-state index contributed by atoms with van der Waals surface area (Å²) in [4.78, 5) is 13.9.